The van der Waals surface area contributed by atoms with Crippen molar-refractivity contribution in [3.05, 3.63) is 21.4 Å². The van der Waals surface area contributed by atoms with E-state index in [0.29, 0.717) is 0 Å². The Kier molecular flexibility index (Phi) is 1.96. The van der Waals surface area contributed by atoms with Crippen molar-refractivity contribution in [2.75, 3.05) is 0 Å². The quantitative estimate of drug-likeness (QED) is 0.681. The van der Waals surface area contributed by atoms with E-state index in [1.807, 2.05) is 11.3 Å². The van der Waals surface area contributed by atoms with Crippen molar-refractivity contribution in [2.45, 2.75) is 32.2 Å². The van der Waals surface area contributed by atoms with Crippen LogP contribution in [0.2, 0.25) is 0 Å². The minimum absolute atomic E-state index is 0.736. The van der Waals surface area contributed by atoms with Gasteiger partial charge in [-0.15, -0.1) is 11.3 Å². The molecule has 2 rings (SSSR count). The lowest BCUT2D eigenvalue weighted by Crippen LogP contribution is -2.04. The van der Waals surface area contributed by atoms with Gasteiger partial charge in [0.1, 0.15) is 0 Å². The molecule has 0 aromatic carbocycles. The molecule has 0 aliphatic heterocycles. The van der Waals surface area contributed by atoms with Crippen LogP contribution >= 0.6 is 11.3 Å². The normalized spacial score (nSPS) is 16.5. The molecule has 1 heterocycles. The van der Waals surface area contributed by atoms with Gasteiger partial charge in [-0.2, -0.15) is 0 Å². The molecule has 1 aromatic rings. The maximum Gasteiger partial charge on any atom is 0.0276 e. The summed E-state index contributed by atoms with van der Waals surface area (Å²) < 4.78 is 0. The highest BCUT2D eigenvalue weighted by molar-refractivity contribution is 7.10. The number of thiophene rings is 1. The zero-order chi connectivity index (χ0) is 7.68. The van der Waals surface area contributed by atoms with Crippen molar-refractivity contribution in [3.8, 4) is 0 Å². The second-order valence-electron chi connectivity index (χ2n) is 3.07. The van der Waals surface area contributed by atoms with Crippen LogP contribution in [0.4, 0.5) is 0 Å². The minimum atomic E-state index is 0.736. The van der Waals surface area contributed by atoms with Crippen LogP contribution in [0, 0.1) is 0 Å². The maximum absolute atomic E-state index is 5.63. The van der Waals surface area contributed by atoms with Crippen molar-refractivity contribution in [1.29, 1.82) is 0 Å². The number of hydrogen-bond donors (Lipinski definition) is 1. The van der Waals surface area contributed by atoms with E-state index >= 15 is 0 Å². The number of fused-ring (bicyclic) bond motifs is 1. The molecule has 1 aliphatic carbocycles. The van der Waals surface area contributed by atoms with Crippen LogP contribution in [0.25, 0.3) is 0 Å². The van der Waals surface area contributed by atoms with E-state index in [9.17, 15) is 0 Å². The zero-order valence-electron chi connectivity index (χ0n) is 6.60. The van der Waals surface area contributed by atoms with Gasteiger partial charge in [0.2, 0.25) is 0 Å². The molecular weight excluding hydrogens is 154 g/mol. The highest BCUT2D eigenvalue weighted by Crippen LogP contribution is 2.29. The van der Waals surface area contributed by atoms with Crippen molar-refractivity contribution < 1.29 is 0 Å². The molecule has 1 nitrogen and oxygen atoms in total. The highest BCUT2D eigenvalue weighted by atomic mass is 32.1. The molecule has 2 heteroatoms. The Morgan fingerprint density at radius 3 is 3.00 bits per heavy atom. The minimum Gasteiger partial charge on any atom is -0.326 e. The standard InChI is InChI=1S/C9H13NS/c10-5-9-8-4-2-1-3-7(8)6-11-9/h6H,1-5,10H2. The maximum atomic E-state index is 5.63. The van der Waals surface area contributed by atoms with Gasteiger partial charge in [-0.3, -0.25) is 0 Å². The van der Waals surface area contributed by atoms with Crippen molar-refractivity contribution in [2.24, 2.45) is 5.73 Å². The first-order valence-electron chi connectivity index (χ1n) is 4.20. The predicted octanol–water partition coefficient (Wildman–Crippen LogP) is 2.09. The molecule has 11 heavy (non-hydrogen) atoms. The van der Waals surface area contributed by atoms with E-state index in [2.05, 4.69) is 5.38 Å². The highest BCUT2D eigenvalue weighted by Gasteiger charge is 2.13. The summed E-state index contributed by atoms with van der Waals surface area (Å²) in [6.07, 6.45) is 5.28. The Labute approximate surface area is 71.2 Å². The molecule has 0 unspecified atom stereocenters. The molecule has 0 spiro atoms. The van der Waals surface area contributed by atoms with Crippen LogP contribution in [0.5, 0.6) is 0 Å². The largest absolute Gasteiger partial charge is 0.326 e. The Bertz CT molecular complexity index is 239. The van der Waals surface area contributed by atoms with Crippen molar-refractivity contribution in [3.63, 3.8) is 0 Å². The third-order valence-electron chi connectivity index (χ3n) is 2.38. The van der Waals surface area contributed by atoms with Crippen LogP contribution < -0.4 is 5.73 Å². The topological polar surface area (TPSA) is 26.0 Å². The van der Waals surface area contributed by atoms with E-state index in [0.717, 1.165) is 6.54 Å². The van der Waals surface area contributed by atoms with Crippen LogP contribution in [0.1, 0.15) is 28.8 Å². The Balaban J connectivity index is 2.38. The van der Waals surface area contributed by atoms with Crippen LogP contribution in [0.15, 0.2) is 5.38 Å². The summed E-state index contributed by atoms with van der Waals surface area (Å²) in [5.74, 6) is 0. The van der Waals surface area contributed by atoms with Gasteiger partial charge in [0.25, 0.3) is 0 Å². The summed E-state index contributed by atoms with van der Waals surface area (Å²) in [6.45, 7) is 0.736. The van der Waals surface area contributed by atoms with Gasteiger partial charge in [-0.05, 0) is 42.2 Å². The molecule has 0 saturated carbocycles. The smallest absolute Gasteiger partial charge is 0.0276 e. The molecule has 1 aromatic heterocycles. The second kappa shape index (κ2) is 2.95. The van der Waals surface area contributed by atoms with Crippen LogP contribution in [-0.2, 0) is 19.4 Å². The van der Waals surface area contributed by atoms with E-state index in [4.69, 9.17) is 5.73 Å². The van der Waals surface area contributed by atoms with Gasteiger partial charge in [0, 0.05) is 11.4 Å². The van der Waals surface area contributed by atoms with Gasteiger partial charge in [-0.25, -0.2) is 0 Å². The molecule has 60 valence electrons. The average molecular weight is 167 g/mol. The molecule has 0 bridgehead atoms. The first kappa shape index (κ1) is 7.32. The predicted molar refractivity (Wildman–Crippen MR) is 48.9 cm³/mol. The first-order valence-corrected chi connectivity index (χ1v) is 5.08. The fourth-order valence-corrected chi connectivity index (χ4v) is 2.78. The van der Waals surface area contributed by atoms with E-state index < -0.39 is 0 Å². The average Bonchev–Trinajstić information content (AvgIpc) is 2.47. The van der Waals surface area contributed by atoms with Gasteiger partial charge >= 0.3 is 0 Å². The fraction of sp³-hybridized carbons (Fsp3) is 0.556. The number of hydrogen-bond acceptors (Lipinski definition) is 2. The molecule has 0 fully saturated rings. The first-order chi connectivity index (χ1) is 5.42. The summed E-state index contributed by atoms with van der Waals surface area (Å²) in [7, 11) is 0. The molecule has 0 atom stereocenters. The number of rotatable bonds is 1. The summed E-state index contributed by atoms with van der Waals surface area (Å²) in [5, 5.41) is 2.29. The molecule has 2 N–H and O–H groups in total. The second-order valence-corrected chi connectivity index (χ2v) is 4.04. The third-order valence-corrected chi connectivity index (χ3v) is 3.48. The van der Waals surface area contributed by atoms with E-state index in [1.54, 1.807) is 11.1 Å². The molecular formula is C9H13NS. The monoisotopic (exact) mass is 167 g/mol. The number of nitrogens with two attached hydrogens (primary N) is 1. The molecule has 0 radical (unpaired) electrons. The van der Waals surface area contributed by atoms with Crippen LogP contribution in [0.3, 0.4) is 0 Å². The third kappa shape index (κ3) is 1.21. The summed E-state index contributed by atoms with van der Waals surface area (Å²) in [5.41, 5.74) is 8.77. The van der Waals surface area contributed by atoms with Gasteiger partial charge in [0.05, 0.1) is 0 Å². The Hall–Kier alpha value is -0.340. The Morgan fingerprint density at radius 1 is 1.36 bits per heavy atom. The summed E-state index contributed by atoms with van der Waals surface area (Å²) in [6, 6.07) is 0. The van der Waals surface area contributed by atoms with E-state index in [-0.39, 0.29) is 0 Å². The van der Waals surface area contributed by atoms with Crippen molar-refractivity contribution in [1.82, 2.24) is 0 Å². The summed E-state index contributed by atoms with van der Waals surface area (Å²) in [4.78, 5) is 1.42. The Morgan fingerprint density at radius 2 is 2.18 bits per heavy atom. The SMILES string of the molecule is NCc1scc2c1CCCC2. The van der Waals surface area contributed by atoms with E-state index in [1.165, 1.54) is 30.6 Å². The zero-order valence-corrected chi connectivity index (χ0v) is 7.41. The molecule has 0 amide bonds. The number of aryl methyl sites for hydroxylation is 1. The van der Waals surface area contributed by atoms with Crippen LogP contribution in [-0.4, -0.2) is 0 Å². The van der Waals surface area contributed by atoms with Gasteiger partial charge in [-0.1, -0.05) is 0 Å². The summed E-state index contributed by atoms with van der Waals surface area (Å²) >= 11 is 1.84. The van der Waals surface area contributed by atoms with Crippen molar-refractivity contribution >= 4 is 11.3 Å². The molecule has 0 saturated heterocycles. The lowest BCUT2D eigenvalue weighted by molar-refractivity contribution is 0.685. The lowest BCUT2D eigenvalue weighted by Gasteiger charge is -2.11. The fourth-order valence-electron chi connectivity index (χ4n) is 1.76. The lowest BCUT2D eigenvalue weighted by atomic mass is 9.94. The van der Waals surface area contributed by atoms with Gasteiger partial charge < -0.3 is 5.73 Å². The molecule has 1 aliphatic rings. The van der Waals surface area contributed by atoms with Gasteiger partial charge in [0.15, 0.2) is 0 Å².